The van der Waals surface area contributed by atoms with E-state index >= 15 is 0 Å². The highest BCUT2D eigenvalue weighted by Gasteiger charge is 2.15. The van der Waals surface area contributed by atoms with Gasteiger partial charge in [-0.3, -0.25) is 0 Å². The average molecular weight is 244 g/mol. The summed E-state index contributed by atoms with van der Waals surface area (Å²) in [6.07, 6.45) is 7.51. The second kappa shape index (κ2) is 4.65. The number of rotatable bonds is 3. The number of aromatic hydroxyl groups is 1. The van der Waals surface area contributed by atoms with Crippen molar-refractivity contribution in [3.63, 3.8) is 0 Å². The molecular formula is C15H20N2O. The summed E-state index contributed by atoms with van der Waals surface area (Å²) in [7, 11) is 2.03. The van der Waals surface area contributed by atoms with Crippen molar-refractivity contribution in [1.82, 2.24) is 9.88 Å². The molecule has 0 bridgehead atoms. The molecule has 1 aromatic heterocycles. The van der Waals surface area contributed by atoms with Crippen LogP contribution in [0.2, 0.25) is 0 Å². The zero-order chi connectivity index (χ0) is 12.5. The number of benzene rings is 1. The van der Waals surface area contributed by atoms with Crippen LogP contribution < -0.4 is 5.32 Å². The largest absolute Gasteiger partial charge is 0.508 e. The Morgan fingerprint density at radius 2 is 2.11 bits per heavy atom. The van der Waals surface area contributed by atoms with Gasteiger partial charge in [-0.1, -0.05) is 12.8 Å². The molecule has 0 saturated heterocycles. The minimum atomic E-state index is 0.332. The van der Waals surface area contributed by atoms with Crippen LogP contribution in [0.5, 0.6) is 5.75 Å². The quantitative estimate of drug-likeness (QED) is 0.871. The van der Waals surface area contributed by atoms with Crippen LogP contribution in [-0.2, 0) is 13.6 Å². The lowest BCUT2D eigenvalue weighted by Crippen LogP contribution is -2.25. The molecule has 3 nitrogen and oxygen atoms in total. The third-order valence-electron chi connectivity index (χ3n) is 3.99. The molecule has 18 heavy (non-hydrogen) atoms. The van der Waals surface area contributed by atoms with Gasteiger partial charge in [-0.15, -0.1) is 0 Å². The molecule has 1 aliphatic carbocycles. The van der Waals surface area contributed by atoms with Gasteiger partial charge in [0.25, 0.3) is 0 Å². The molecule has 3 rings (SSSR count). The van der Waals surface area contributed by atoms with Crippen LogP contribution in [0.25, 0.3) is 10.9 Å². The van der Waals surface area contributed by atoms with Gasteiger partial charge in [0.1, 0.15) is 5.75 Å². The highest BCUT2D eigenvalue weighted by molar-refractivity contribution is 5.85. The molecule has 96 valence electrons. The molecule has 1 heterocycles. The van der Waals surface area contributed by atoms with E-state index in [1.54, 1.807) is 6.07 Å². The van der Waals surface area contributed by atoms with Gasteiger partial charge in [0, 0.05) is 37.3 Å². The molecule has 3 heteroatoms. The number of nitrogens with one attached hydrogen (secondary N) is 1. The Hall–Kier alpha value is -1.48. The molecule has 0 radical (unpaired) electrons. The van der Waals surface area contributed by atoms with Crippen molar-refractivity contribution < 1.29 is 5.11 Å². The zero-order valence-electron chi connectivity index (χ0n) is 10.8. The number of hydrogen-bond donors (Lipinski definition) is 2. The molecule has 0 aliphatic heterocycles. The molecule has 1 fully saturated rings. The van der Waals surface area contributed by atoms with Crippen molar-refractivity contribution in [2.75, 3.05) is 0 Å². The van der Waals surface area contributed by atoms with Crippen molar-refractivity contribution in [2.45, 2.75) is 38.3 Å². The topological polar surface area (TPSA) is 37.2 Å². The van der Waals surface area contributed by atoms with E-state index in [0.29, 0.717) is 11.8 Å². The van der Waals surface area contributed by atoms with Gasteiger partial charge in [-0.05, 0) is 30.5 Å². The van der Waals surface area contributed by atoms with Crippen LogP contribution in [0, 0.1) is 0 Å². The van der Waals surface area contributed by atoms with Gasteiger partial charge in [0.05, 0.1) is 5.52 Å². The predicted molar refractivity (Wildman–Crippen MR) is 73.7 cm³/mol. The third-order valence-corrected chi connectivity index (χ3v) is 3.99. The van der Waals surface area contributed by atoms with Crippen molar-refractivity contribution in [1.29, 1.82) is 0 Å². The number of hydrogen-bond acceptors (Lipinski definition) is 2. The first-order chi connectivity index (χ1) is 8.74. The van der Waals surface area contributed by atoms with Crippen molar-refractivity contribution >= 4 is 10.9 Å². The van der Waals surface area contributed by atoms with Crippen molar-refractivity contribution in [3.8, 4) is 5.75 Å². The summed E-state index contributed by atoms with van der Waals surface area (Å²) < 4.78 is 2.08. The Kier molecular flexibility index (Phi) is 3.00. The van der Waals surface area contributed by atoms with E-state index in [2.05, 4.69) is 16.1 Å². The molecule has 1 saturated carbocycles. The van der Waals surface area contributed by atoms with E-state index in [4.69, 9.17) is 0 Å². The van der Waals surface area contributed by atoms with Crippen LogP contribution in [0.15, 0.2) is 24.4 Å². The first kappa shape index (κ1) is 11.6. The number of phenolic OH excluding ortho intramolecular Hbond substituents is 1. The van der Waals surface area contributed by atoms with Crippen molar-refractivity contribution in [3.05, 3.63) is 30.0 Å². The average Bonchev–Trinajstić information content (AvgIpc) is 2.96. The Morgan fingerprint density at radius 3 is 2.89 bits per heavy atom. The number of aromatic nitrogens is 1. The molecule has 0 unspecified atom stereocenters. The fraction of sp³-hybridized carbons (Fsp3) is 0.467. The van der Waals surface area contributed by atoms with E-state index in [9.17, 15) is 5.11 Å². The Bertz CT molecular complexity index is 553. The highest BCUT2D eigenvalue weighted by Crippen LogP contribution is 2.25. The fourth-order valence-corrected chi connectivity index (χ4v) is 2.98. The molecule has 1 aliphatic rings. The van der Waals surface area contributed by atoms with Gasteiger partial charge < -0.3 is 15.0 Å². The summed E-state index contributed by atoms with van der Waals surface area (Å²) in [6.45, 7) is 0.923. The van der Waals surface area contributed by atoms with E-state index < -0.39 is 0 Å². The van der Waals surface area contributed by atoms with Crippen LogP contribution in [0.4, 0.5) is 0 Å². The van der Waals surface area contributed by atoms with Crippen LogP contribution in [0.1, 0.15) is 31.2 Å². The smallest absolute Gasteiger partial charge is 0.117 e. The monoisotopic (exact) mass is 244 g/mol. The minimum absolute atomic E-state index is 0.332. The van der Waals surface area contributed by atoms with Gasteiger partial charge in [-0.2, -0.15) is 0 Å². The lowest BCUT2D eigenvalue weighted by Gasteiger charge is -2.10. The SMILES string of the molecule is Cn1cc(CNC2CCCC2)c2ccc(O)cc21. The Balaban J connectivity index is 1.83. The molecule has 2 N–H and O–H groups in total. The van der Waals surface area contributed by atoms with Crippen molar-refractivity contribution in [2.24, 2.45) is 7.05 Å². The normalized spacial score (nSPS) is 16.7. The maximum Gasteiger partial charge on any atom is 0.117 e. The van der Waals surface area contributed by atoms with E-state index in [1.165, 1.54) is 36.6 Å². The summed E-state index contributed by atoms with van der Waals surface area (Å²) in [5.41, 5.74) is 2.41. The first-order valence-corrected chi connectivity index (χ1v) is 6.74. The Labute approximate surface area is 107 Å². The number of phenols is 1. The molecular weight excluding hydrogens is 224 g/mol. The number of fused-ring (bicyclic) bond motifs is 1. The number of nitrogens with zero attached hydrogens (tertiary/aromatic N) is 1. The Morgan fingerprint density at radius 1 is 1.33 bits per heavy atom. The van der Waals surface area contributed by atoms with Crippen LogP contribution >= 0.6 is 0 Å². The summed E-state index contributed by atoms with van der Waals surface area (Å²) in [6, 6.07) is 6.30. The third kappa shape index (κ3) is 2.10. The molecule has 2 aromatic rings. The standard InChI is InChI=1S/C15H20N2O/c1-17-10-11(9-16-12-4-2-3-5-12)14-7-6-13(18)8-15(14)17/h6-8,10,12,16,18H,2-5,9H2,1H3. The second-order valence-corrected chi connectivity index (χ2v) is 5.33. The summed E-state index contributed by atoms with van der Waals surface area (Å²) >= 11 is 0. The number of aryl methyl sites for hydroxylation is 1. The first-order valence-electron chi connectivity index (χ1n) is 6.74. The lowest BCUT2D eigenvalue weighted by molar-refractivity contribution is 0.476. The van der Waals surface area contributed by atoms with E-state index in [1.807, 2.05) is 19.2 Å². The zero-order valence-corrected chi connectivity index (χ0v) is 10.8. The highest BCUT2D eigenvalue weighted by atomic mass is 16.3. The summed E-state index contributed by atoms with van der Waals surface area (Å²) in [5, 5.41) is 14.4. The summed E-state index contributed by atoms with van der Waals surface area (Å²) in [4.78, 5) is 0. The lowest BCUT2D eigenvalue weighted by atomic mass is 10.1. The van der Waals surface area contributed by atoms with Gasteiger partial charge in [-0.25, -0.2) is 0 Å². The molecule has 0 amide bonds. The van der Waals surface area contributed by atoms with Gasteiger partial charge in [0.15, 0.2) is 0 Å². The molecule has 0 atom stereocenters. The maximum absolute atomic E-state index is 9.54. The van der Waals surface area contributed by atoms with Crippen LogP contribution in [-0.4, -0.2) is 15.7 Å². The maximum atomic E-state index is 9.54. The van der Waals surface area contributed by atoms with E-state index in [0.717, 1.165) is 12.1 Å². The molecule has 1 aromatic carbocycles. The van der Waals surface area contributed by atoms with Crippen LogP contribution in [0.3, 0.4) is 0 Å². The summed E-state index contributed by atoms with van der Waals surface area (Å²) in [5.74, 6) is 0.332. The molecule has 0 spiro atoms. The predicted octanol–water partition coefficient (Wildman–Crippen LogP) is 2.92. The van der Waals surface area contributed by atoms with Gasteiger partial charge >= 0.3 is 0 Å². The van der Waals surface area contributed by atoms with E-state index in [-0.39, 0.29) is 0 Å². The fourth-order valence-electron chi connectivity index (χ4n) is 2.98. The van der Waals surface area contributed by atoms with Gasteiger partial charge in [0.2, 0.25) is 0 Å². The minimum Gasteiger partial charge on any atom is -0.508 e. The second-order valence-electron chi connectivity index (χ2n) is 5.33.